The molecule has 0 aliphatic carbocycles. The maximum Gasteiger partial charge on any atom is 0.323 e. The molecule has 1 heterocycles. The van der Waals surface area contributed by atoms with Gasteiger partial charge in [0.1, 0.15) is 12.1 Å². The van der Waals surface area contributed by atoms with Crippen LogP contribution < -0.4 is 5.32 Å². The molecule has 0 saturated carbocycles. The van der Waals surface area contributed by atoms with E-state index in [0.29, 0.717) is 13.2 Å². The van der Waals surface area contributed by atoms with Gasteiger partial charge in [-0.3, -0.25) is 10.1 Å². The van der Waals surface area contributed by atoms with Gasteiger partial charge in [-0.2, -0.15) is 0 Å². The van der Waals surface area contributed by atoms with E-state index >= 15 is 0 Å². The minimum atomic E-state index is -1.06. The fourth-order valence-corrected chi connectivity index (χ4v) is 3.28. The summed E-state index contributed by atoms with van der Waals surface area (Å²) in [6.07, 6.45) is -1.56. The third-order valence-electron chi connectivity index (χ3n) is 4.13. The van der Waals surface area contributed by atoms with Crippen LogP contribution in [0.2, 0.25) is 0 Å². The van der Waals surface area contributed by atoms with E-state index in [1.165, 1.54) is 0 Å². The second kappa shape index (κ2) is 7.44. The highest BCUT2D eigenvalue weighted by atomic mass is 79.9. The number of rotatable bonds is 5. The fraction of sp³-hybridized carbons (Fsp3) is 0.278. The molecule has 24 heavy (non-hydrogen) atoms. The number of aliphatic hydroxyl groups excluding tert-OH is 1. The van der Waals surface area contributed by atoms with Gasteiger partial charge in [0.25, 0.3) is 0 Å². The number of benzene rings is 2. The monoisotopic (exact) mass is 391 g/mol. The third-order valence-corrected chi connectivity index (χ3v) is 4.82. The smallest absolute Gasteiger partial charge is 0.323 e. The number of carboxylic acids is 1. The summed E-state index contributed by atoms with van der Waals surface area (Å²) in [5.74, 6) is -1.06. The zero-order chi connectivity index (χ0) is 17.1. The molecule has 0 unspecified atom stereocenters. The molecule has 3 N–H and O–H groups in total. The van der Waals surface area contributed by atoms with Crippen molar-refractivity contribution >= 4 is 21.9 Å². The van der Waals surface area contributed by atoms with Crippen LogP contribution >= 0.6 is 15.9 Å². The quantitative estimate of drug-likeness (QED) is 0.729. The van der Waals surface area contributed by atoms with E-state index in [-0.39, 0.29) is 0 Å². The maximum absolute atomic E-state index is 10.9. The Kier molecular flexibility index (Phi) is 5.30. The molecule has 6 heteroatoms. The molecule has 0 bridgehead atoms. The molecule has 3 atom stereocenters. The molecular weight excluding hydrogens is 374 g/mol. The normalized spacial score (nSPS) is 23.3. The van der Waals surface area contributed by atoms with Crippen LogP contribution in [0.1, 0.15) is 5.56 Å². The molecule has 1 aliphatic rings. The molecule has 5 nitrogen and oxygen atoms in total. The van der Waals surface area contributed by atoms with E-state index in [9.17, 15) is 9.90 Å². The Morgan fingerprint density at radius 2 is 1.92 bits per heavy atom. The van der Waals surface area contributed by atoms with Gasteiger partial charge in [0.2, 0.25) is 0 Å². The molecule has 1 fully saturated rings. The molecule has 0 spiro atoms. The van der Waals surface area contributed by atoms with Gasteiger partial charge in [0.05, 0.1) is 12.7 Å². The van der Waals surface area contributed by atoms with Gasteiger partial charge < -0.3 is 14.9 Å². The summed E-state index contributed by atoms with van der Waals surface area (Å²) in [7, 11) is 0. The summed E-state index contributed by atoms with van der Waals surface area (Å²) < 4.78 is 6.70. The zero-order valence-corrected chi connectivity index (χ0v) is 14.4. The molecule has 3 rings (SSSR count). The third kappa shape index (κ3) is 3.67. The van der Waals surface area contributed by atoms with E-state index in [4.69, 9.17) is 9.84 Å². The van der Waals surface area contributed by atoms with Gasteiger partial charge in [-0.25, -0.2) is 0 Å². The summed E-state index contributed by atoms with van der Waals surface area (Å²) in [5, 5.41) is 21.7. The number of ether oxygens (including phenoxy) is 1. The lowest BCUT2D eigenvalue weighted by Gasteiger charge is -2.17. The lowest BCUT2D eigenvalue weighted by Crippen LogP contribution is -2.40. The first-order valence-corrected chi connectivity index (χ1v) is 8.45. The standard InChI is InChI=1S/C18H18BrNO4/c19-14-4-2-1-3-13(14)12-7-5-11(6-8-12)10-24-15-9-20-16(17(15)21)18(22)23/h1-8,15-17,20-21H,9-10H2,(H,22,23)/t15-,16+,17+/m0/s1. The van der Waals surface area contributed by atoms with Crippen molar-refractivity contribution < 1.29 is 19.7 Å². The molecule has 126 valence electrons. The molecule has 1 saturated heterocycles. The number of nitrogens with one attached hydrogen (secondary N) is 1. The molecule has 2 aromatic rings. The van der Waals surface area contributed by atoms with Gasteiger partial charge in [-0.15, -0.1) is 0 Å². The Morgan fingerprint density at radius 3 is 2.54 bits per heavy atom. The van der Waals surface area contributed by atoms with E-state index < -0.39 is 24.2 Å². The first-order valence-electron chi connectivity index (χ1n) is 7.66. The number of halogens is 1. The number of hydrogen-bond donors (Lipinski definition) is 3. The Morgan fingerprint density at radius 1 is 1.21 bits per heavy atom. The van der Waals surface area contributed by atoms with Crippen LogP contribution in [0.3, 0.4) is 0 Å². The number of aliphatic carboxylic acids is 1. The number of aliphatic hydroxyl groups is 1. The Hall–Kier alpha value is -1.73. The summed E-state index contributed by atoms with van der Waals surface area (Å²) in [5.41, 5.74) is 3.18. The first-order chi connectivity index (χ1) is 11.6. The minimum Gasteiger partial charge on any atom is -0.480 e. The Balaban J connectivity index is 1.61. The second-order valence-electron chi connectivity index (χ2n) is 5.74. The van der Waals surface area contributed by atoms with Crippen LogP contribution in [0.15, 0.2) is 53.0 Å². The molecule has 0 aromatic heterocycles. The number of carbonyl (C=O) groups is 1. The number of carboxylic acid groups (broad SMARTS) is 1. The second-order valence-corrected chi connectivity index (χ2v) is 6.60. The highest BCUT2D eigenvalue weighted by molar-refractivity contribution is 9.10. The molecule has 1 aliphatic heterocycles. The largest absolute Gasteiger partial charge is 0.480 e. The van der Waals surface area contributed by atoms with E-state index in [1.807, 2.05) is 48.5 Å². The molecule has 2 aromatic carbocycles. The van der Waals surface area contributed by atoms with Crippen molar-refractivity contribution in [3.8, 4) is 11.1 Å². The molecular formula is C18H18BrNO4. The van der Waals surface area contributed by atoms with Crippen molar-refractivity contribution in [1.29, 1.82) is 0 Å². The topological polar surface area (TPSA) is 78.8 Å². The van der Waals surface area contributed by atoms with Gasteiger partial charge >= 0.3 is 5.97 Å². The van der Waals surface area contributed by atoms with Gasteiger partial charge in [0.15, 0.2) is 0 Å². The van der Waals surface area contributed by atoms with Crippen LogP contribution in [0, 0.1) is 0 Å². The van der Waals surface area contributed by atoms with E-state index in [0.717, 1.165) is 21.2 Å². The van der Waals surface area contributed by atoms with Crippen molar-refractivity contribution in [3.63, 3.8) is 0 Å². The highest BCUT2D eigenvalue weighted by Gasteiger charge is 2.39. The van der Waals surface area contributed by atoms with Crippen LogP contribution in [0.4, 0.5) is 0 Å². The van der Waals surface area contributed by atoms with Crippen LogP contribution in [0.25, 0.3) is 11.1 Å². The number of hydrogen-bond acceptors (Lipinski definition) is 4. The average Bonchev–Trinajstić information content (AvgIpc) is 2.95. The lowest BCUT2D eigenvalue weighted by atomic mass is 10.0. The van der Waals surface area contributed by atoms with Gasteiger partial charge in [0, 0.05) is 11.0 Å². The van der Waals surface area contributed by atoms with Crippen LogP contribution in [-0.4, -0.2) is 41.0 Å². The maximum atomic E-state index is 10.9. The fourth-order valence-electron chi connectivity index (χ4n) is 2.77. The predicted molar refractivity (Wildman–Crippen MR) is 93.6 cm³/mol. The summed E-state index contributed by atoms with van der Waals surface area (Å²) in [6, 6.07) is 15.0. The summed E-state index contributed by atoms with van der Waals surface area (Å²) in [4.78, 5) is 10.9. The first kappa shape index (κ1) is 17.1. The van der Waals surface area contributed by atoms with Gasteiger partial charge in [-0.1, -0.05) is 58.4 Å². The highest BCUT2D eigenvalue weighted by Crippen LogP contribution is 2.28. The lowest BCUT2D eigenvalue weighted by molar-refractivity contribution is -0.142. The summed E-state index contributed by atoms with van der Waals surface area (Å²) >= 11 is 3.54. The Labute approximate surface area is 148 Å². The van der Waals surface area contributed by atoms with Crippen molar-refractivity contribution in [2.75, 3.05) is 6.54 Å². The van der Waals surface area contributed by atoms with Crippen LogP contribution in [0.5, 0.6) is 0 Å². The Bertz CT molecular complexity index is 719. The van der Waals surface area contributed by atoms with Crippen LogP contribution in [-0.2, 0) is 16.1 Å². The predicted octanol–water partition coefficient (Wildman–Crippen LogP) is 2.42. The van der Waals surface area contributed by atoms with E-state index in [2.05, 4.69) is 21.2 Å². The average molecular weight is 392 g/mol. The van der Waals surface area contributed by atoms with Crippen molar-refractivity contribution in [2.24, 2.45) is 0 Å². The minimum absolute atomic E-state index is 0.325. The SMILES string of the molecule is O=C(O)[C@@H]1NC[C@H](OCc2ccc(-c3ccccc3Br)cc2)[C@H]1O. The van der Waals surface area contributed by atoms with Gasteiger partial charge in [-0.05, 0) is 22.8 Å². The molecule has 0 amide bonds. The summed E-state index contributed by atoms with van der Waals surface area (Å²) in [6.45, 7) is 0.652. The van der Waals surface area contributed by atoms with Crippen molar-refractivity contribution in [2.45, 2.75) is 24.9 Å². The zero-order valence-electron chi connectivity index (χ0n) is 12.9. The van der Waals surface area contributed by atoms with E-state index in [1.54, 1.807) is 0 Å². The van der Waals surface area contributed by atoms with Crippen molar-refractivity contribution in [3.05, 3.63) is 58.6 Å². The molecule has 0 radical (unpaired) electrons. The van der Waals surface area contributed by atoms with Crippen molar-refractivity contribution in [1.82, 2.24) is 5.32 Å².